The number of aliphatic hydroxyl groups excluding tert-OH is 1. The summed E-state index contributed by atoms with van der Waals surface area (Å²) in [5, 5.41) is 13.0. The highest BCUT2D eigenvalue weighted by Gasteiger charge is 2.02. The van der Waals surface area contributed by atoms with E-state index in [9.17, 15) is 0 Å². The highest BCUT2D eigenvalue weighted by molar-refractivity contribution is 5.38. The third kappa shape index (κ3) is 1.75. The molecule has 0 spiro atoms. The standard InChI is InChI=1S/C10H13N3O/c1-8-4-5-10-11-9(3-2-6-14)12-13(10)7-8/h4-5,7,14H,2-3,6H2,1H3. The van der Waals surface area contributed by atoms with Gasteiger partial charge >= 0.3 is 0 Å². The number of fused-ring (bicyclic) bond motifs is 1. The van der Waals surface area contributed by atoms with Crippen molar-refractivity contribution in [2.75, 3.05) is 6.61 Å². The molecule has 2 rings (SSSR count). The van der Waals surface area contributed by atoms with Crippen molar-refractivity contribution < 1.29 is 5.11 Å². The van der Waals surface area contributed by atoms with Gasteiger partial charge in [-0.2, -0.15) is 5.10 Å². The molecule has 2 aromatic heterocycles. The number of pyridine rings is 1. The molecule has 0 amide bonds. The molecule has 4 nitrogen and oxygen atoms in total. The average Bonchev–Trinajstić information content (AvgIpc) is 2.56. The quantitative estimate of drug-likeness (QED) is 0.786. The van der Waals surface area contributed by atoms with Gasteiger partial charge in [0.05, 0.1) is 0 Å². The molecule has 0 atom stereocenters. The van der Waals surface area contributed by atoms with Gasteiger partial charge in [-0.05, 0) is 25.0 Å². The fourth-order valence-electron chi connectivity index (χ4n) is 1.38. The summed E-state index contributed by atoms with van der Waals surface area (Å²) < 4.78 is 1.78. The Morgan fingerprint density at radius 1 is 1.43 bits per heavy atom. The smallest absolute Gasteiger partial charge is 0.155 e. The maximum Gasteiger partial charge on any atom is 0.155 e. The third-order valence-corrected chi connectivity index (χ3v) is 2.08. The Morgan fingerprint density at radius 3 is 3.07 bits per heavy atom. The number of aliphatic hydroxyl groups is 1. The zero-order valence-corrected chi connectivity index (χ0v) is 8.14. The van der Waals surface area contributed by atoms with Crippen LogP contribution in [-0.4, -0.2) is 26.3 Å². The minimum atomic E-state index is 0.189. The summed E-state index contributed by atoms with van der Waals surface area (Å²) in [6.45, 7) is 2.21. The van der Waals surface area contributed by atoms with Crippen LogP contribution in [0.2, 0.25) is 0 Å². The van der Waals surface area contributed by atoms with E-state index >= 15 is 0 Å². The van der Waals surface area contributed by atoms with Gasteiger partial charge in [0, 0.05) is 19.2 Å². The van der Waals surface area contributed by atoms with Gasteiger partial charge in [0.1, 0.15) is 0 Å². The van der Waals surface area contributed by atoms with Crippen LogP contribution >= 0.6 is 0 Å². The number of hydrogen-bond acceptors (Lipinski definition) is 3. The number of hydrogen-bond donors (Lipinski definition) is 1. The molecule has 2 heterocycles. The predicted molar refractivity (Wildman–Crippen MR) is 53.1 cm³/mol. The number of rotatable bonds is 3. The van der Waals surface area contributed by atoms with E-state index < -0.39 is 0 Å². The third-order valence-electron chi connectivity index (χ3n) is 2.08. The van der Waals surface area contributed by atoms with E-state index in [0.717, 1.165) is 29.9 Å². The second-order valence-electron chi connectivity index (χ2n) is 3.36. The molecule has 0 radical (unpaired) electrons. The molecule has 0 bridgehead atoms. The Hall–Kier alpha value is -1.42. The Kier molecular flexibility index (Phi) is 2.45. The minimum absolute atomic E-state index is 0.189. The lowest BCUT2D eigenvalue weighted by Crippen LogP contribution is -1.92. The molecule has 0 aliphatic rings. The van der Waals surface area contributed by atoms with Crippen molar-refractivity contribution in [3.63, 3.8) is 0 Å². The summed E-state index contributed by atoms with van der Waals surface area (Å²) >= 11 is 0. The van der Waals surface area contributed by atoms with E-state index in [1.54, 1.807) is 4.52 Å². The van der Waals surface area contributed by atoms with E-state index in [0.29, 0.717) is 0 Å². The fourth-order valence-corrected chi connectivity index (χ4v) is 1.38. The van der Waals surface area contributed by atoms with Gasteiger partial charge in [0.25, 0.3) is 0 Å². The monoisotopic (exact) mass is 191 g/mol. The number of aryl methyl sites for hydroxylation is 2. The molecular formula is C10H13N3O. The lowest BCUT2D eigenvalue weighted by atomic mass is 10.3. The summed E-state index contributed by atoms with van der Waals surface area (Å²) in [4.78, 5) is 4.33. The molecule has 14 heavy (non-hydrogen) atoms. The van der Waals surface area contributed by atoms with Gasteiger partial charge in [0.2, 0.25) is 0 Å². The first kappa shape index (κ1) is 9.15. The highest BCUT2D eigenvalue weighted by Crippen LogP contribution is 2.05. The van der Waals surface area contributed by atoms with E-state index in [-0.39, 0.29) is 6.61 Å². The minimum Gasteiger partial charge on any atom is -0.396 e. The number of aromatic nitrogens is 3. The van der Waals surface area contributed by atoms with Gasteiger partial charge in [0.15, 0.2) is 11.5 Å². The summed E-state index contributed by atoms with van der Waals surface area (Å²) in [6.07, 6.45) is 3.40. The van der Waals surface area contributed by atoms with E-state index in [1.807, 2.05) is 25.3 Å². The van der Waals surface area contributed by atoms with Crippen molar-refractivity contribution in [1.29, 1.82) is 0 Å². The van der Waals surface area contributed by atoms with Crippen LogP contribution < -0.4 is 0 Å². The predicted octanol–water partition coefficient (Wildman–Crippen LogP) is 0.963. The Labute approximate surface area is 82.2 Å². The molecule has 0 saturated heterocycles. The summed E-state index contributed by atoms with van der Waals surface area (Å²) in [7, 11) is 0. The van der Waals surface area contributed by atoms with Gasteiger partial charge in [-0.25, -0.2) is 9.50 Å². The topological polar surface area (TPSA) is 50.4 Å². The van der Waals surface area contributed by atoms with Crippen LogP contribution in [-0.2, 0) is 6.42 Å². The lowest BCUT2D eigenvalue weighted by Gasteiger charge is -1.91. The van der Waals surface area contributed by atoms with Crippen LogP contribution in [0.1, 0.15) is 17.8 Å². The van der Waals surface area contributed by atoms with Crippen LogP contribution in [0.4, 0.5) is 0 Å². The van der Waals surface area contributed by atoms with Crippen molar-refractivity contribution in [3.05, 3.63) is 29.7 Å². The van der Waals surface area contributed by atoms with Crippen molar-refractivity contribution >= 4 is 5.65 Å². The van der Waals surface area contributed by atoms with Crippen LogP contribution in [0.25, 0.3) is 5.65 Å². The Balaban J connectivity index is 2.32. The maximum atomic E-state index is 8.68. The molecule has 74 valence electrons. The van der Waals surface area contributed by atoms with Crippen molar-refractivity contribution in [2.45, 2.75) is 19.8 Å². The second-order valence-corrected chi connectivity index (χ2v) is 3.36. The summed E-state index contributed by atoms with van der Waals surface area (Å²) in [6, 6.07) is 3.96. The SMILES string of the molecule is Cc1ccc2nc(CCCO)nn2c1. The molecule has 0 aromatic carbocycles. The zero-order chi connectivity index (χ0) is 9.97. The fraction of sp³-hybridized carbons (Fsp3) is 0.400. The van der Waals surface area contributed by atoms with Gasteiger partial charge in [-0.1, -0.05) is 6.07 Å². The molecule has 4 heteroatoms. The van der Waals surface area contributed by atoms with Gasteiger partial charge in [-0.3, -0.25) is 0 Å². The van der Waals surface area contributed by atoms with Crippen molar-refractivity contribution in [1.82, 2.24) is 14.6 Å². The molecule has 0 saturated carbocycles. The van der Waals surface area contributed by atoms with Crippen LogP contribution in [0.3, 0.4) is 0 Å². The summed E-state index contributed by atoms with van der Waals surface area (Å²) in [5.74, 6) is 0.796. The maximum absolute atomic E-state index is 8.68. The Bertz CT molecular complexity index is 436. The van der Waals surface area contributed by atoms with Crippen LogP contribution in [0.15, 0.2) is 18.3 Å². The van der Waals surface area contributed by atoms with Gasteiger partial charge in [-0.15, -0.1) is 0 Å². The molecule has 0 aliphatic carbocycles. The van der Waals surface area contributed by atoms with Crippen LogP contribution in [0, 0.1) is 6.92 Å². The largest absolute Gasteiger partial charge is 0.396 e. The second kappa shape index (κ2) is 3.75. The molecule has 1 N–H and O–H groups in total. The van der Waals surface area contributed by atoms with E-state index in [4.69, 9.17) is 5.11 Å². The first-order valence-corrected chi connectivity index (χ1v) is 4.72. The molecule has 0 fully saturated rings. The van der Waals surface area contributed by atoms with Crippen LogP contribution in [0.5, 0.6) is 0 Å². The van der Waals surface area contributed by atoms with Gasteiger partial charge < -0.3 is 5.11 Å². The van der Waals surface area contributed by atoms with E-state index in [1.165, 1.54) is 0 Å². The lowest BCUT2D eigenvalue weighted by molar-refractivity contribution is 0.287. The Morgan fingerprint density at radius 2 is 2.29 bits per heavy atom. The normalized spacial score (nSPS) is 11.0. The zero-order valence-electron chi connectivity index (χ0n) is 8.14. The summed E-state index contributed by atoms with van der Waals surface area (Å²) in [5.41, 5.74) is 2.03. The highest BCUT2D eigenvalue weighted by atomic mass is 16.2. The molecular weight excluding hydrogens is 178 g/mol. The molecule has 0 aliphatic heterocycles. The molecule has 2 aromatic rings. The van der Waals surface area contributed by atoms with Crippen molar-refractivity contribution in [3.8, 4) is 0 Å². The number of nitrogens with zero attached hydrogens (tertiary/aromatic N) is 3. The first-order chi connectivity index (χ1) is 6.79. The molecule has 0 unspecified atom stereocenters. The first-order valence-electron chi connectivity index (χ1n) is 4.72. The van der Waals surface area contributed by atoms with Crippen molar-refractivity contribution in [2.24, 2.45) is 0 Å². The van der Waals surface area contributed by atoms with E-state index in [2.05, 4.69) is 10.1 Å². The average molecular weight is 191 g/mol.